The average Bonchev–Trinajstić information content (AvgIpc) is 3.09. The van der Waals surface area contributed by atoms with E-state index < -0.39 is 0 Å². The molecule has 0 aliphatic heterocycles. The van der Waals surface area contributed by atoms with E-state index in [1.165, 1.54) is 10.4 Å². The Morgan fingerprint density at radius 2 is 1.85 bits per heavy atom. The molecule has 0 aliphatic carbocycles. The molecule has 0 fully saturated rings. The lowest BCUT2D eigenvalue weighted by Gasteiger charge is -2.17. The van der Waals surface area contributed by atoms with Crippen LogP contribution in [0.5, 0.6) is 0 Å². The predicted molar refractivity (Wildman–Crippen MR) is 103 cm³/mol. The van der Waals surface area contributed by atoms with Crippen LogP contribution in [-0.2, 0) is 11.3 Å². The van der Waals surface area contributed by atoms with Gasteiger partial charge in [-0.25, -0.2) is 0 Å². The number of carbonyl (C=O) groups excluding carboxylic acids is 1. The lowest BCUT2D eigenvalue weighted by Crippen LogP contribution is -2.32. The average molecular weight is 414 g/mol. The van der Waals surface area contributed by atoms with Gasteiger partial charge in [-0.2, -0.15) is 4.80 Å². The molecule has 3 aromatic rings. The Kier molecular flexibility index (Phi) is 5.78. The number of hydrogen-bond donors (Lipinski definition) is 1. The number of aryl methyl sites for hydroxylation is 1. The molecule has 0 radical (unpaired) electrons. The maximum atomic E-state index is 12.4. The van der Waals surface area contributed by atoms with E-state index in [9.17, 15) is 4.79 Å². The van der Waals surface area contributed by atoms with Crippen LogP contribution in [0.1, 0.15) is 30.5 Å². The number of rotatable bonds is 6. The smallest absolute Gasteiger partial charge is 0.244 e. The Hall–Kier alpha value is -2.54. The Bertz CT molecular complexity index is 874. The number of nitrogens with zero attached hydrogens (tertiary/aromatic N) is 4. The molecule has 1 aromatic heterocycles. The second-order valence-electron chi connectivity index (χ2n) is 6.09. The van der Waals surface area contributed by atoms with Crippen molar-refractivity contribution in [1.82, 2.24) is 25.5 Å². The molecule has 0 bridgehead atoms. The Balaban J connectivity index is 1.64. The largest absolute Gasteiger partial charge is 0.348 e. The van der Waals surface area contributed by atoms with E-state index in [1.807, 2.05) is 62.4 Å². The van der Waals surface area contributed by atoms with E-state index in [4.69, 9.17) is 0 Å². The van der Waals surface area contributed by atoms with Gasteiger partial charge in [-0.3, -0.25) is 4.79 Å². The fourth-order valence-electron chi connectivity index (χ4n) is 2.61. The molecule has 0 aliphatic rings. The van der Waals surface area contributed by atoms with Crippen molar-refractivity contribution in [2.45, 2.75) is 32.9 Å². The van der Waals surface area contributed by atoms with E-state index in [-0.39, 0.29) is 18.5 Å². The first-order valence-electron chi connectivity index (χ1n) is 8.45. The minimum atomic E-state index is -0.141. The quantitative estimate of drug-likeness (QED) is 0.668. The molecule has 0 unspecified atom stereocenters. The van der Waals surface area contributed by atoms with E-state index in [1.54, 1.807) is 0 Å². The molecular weight excluding hydrogens is 394 g/mol. The van der Waals surface area contributed by atoms with Gasteiger partial charge >= 0.3 is 0 Å². The van der Waals surface area contributed by atoms with Crippen LogP contribution < -0.4 is 5.32 Å². The zero-order valence-corrected chi connectivity index (χ0v) is 16.3. The highest BCUT2D eigenvalue weighted by Crippen LogP contribution is 2.18. The summed E-state index contributed by atoms with van der Waals surface area (Å²) in [6.07, 6.45) is 0.809. The second-order valence-corrected chi connectivity index (χ2v) is 7.01. The molecule has 1 heterocycles. The summed E-state index contributed by atoms with van der Waals surface area (Å²) in [6.45, 7) is 4.12. The minimum absolute atomic E-state index is 0.0300. The Labute approximate surface area is 160 Å². The number of aromatic nitrogens is 4. The fourth-order valence-corrected chi connectivity index (χ4v) is 2.88. The third-order valence-electron chi connectivity index (χ3n) is 4.06. The highest BCUT2D eigenvalue weighted by Gasteiger charge is 2.14. The number of carbonyl (C=O) groups is 1. The highest BCUT2D eigenvalue weighted by molar-refractivity contribution is 9.10. The molecule has 0 spiro atoms. The molecule has 3 rings (SSSR count). The first-order chi connectivity index (χ1) is 12.5. The van der Waals surface area contributed by atoms with Crippen molar-refractivity contribution in [2.24, 2.45) is 0 Å². The van der Waals surface area contributed by atoms with Crippen molar-refractivity contribution in [3.8, 4) is 11.4 Å². The second kappa shape index (κ2) is 8.23. The summed E-state index contributed by atoms with van der Waals surface area (Å²) in [5.41, 5.74) is 3.14. The van der Waals surface area contributed by atoms with Gasteiger partial charge in [-0.1, -0.05) is 52.7 Å². The number of nitrogens with one attached hydrogen (secondary N) is 1. The third kappa shape index (κ3) is 4.54. The van der Waals surface area contributed by atoms with Crippen molar-refractivity contribution in [1.29, 1.82) is 0 Å². The topological polar surface area (TPSA) is 72.7 Å². The molecule has 2 aromatic carbocycles. The number of tetrazole rings is 1. The van der Waals surface area contributed by atoms with Crippen LogP contribution in [0.2, 0.25) is 0 Å². The first-order valence-corrected chi connectivity index (χ1v) is 9.24. The van der Waals surface area contributed by atoms with Crippen LogP contribution in [0, 0.1) is 6.92 Å². The van der Waals surface area contributed by atoms with Gasteiger partial charge in [0.15, 0.2) is 0 Å². The van der Waals surface area contributed by atoms with Crippen LogP contribution in [0.4, 0.5) is 0 Å². The molecule has 26 heavy (non-hydrogen) atoms. The van der Waals surface area contributed by atoms with E-state index in [2.05, 4.69) is 36.7 Å². The van der Waals surface area contributed by atoms with Crippen LogP contribution >= 0.6 is 15.9 Å². The molecule has 0 saturated carbocycles. The zero-order chi connectivity index (χ0) is 18.5. The van der Waals surface area contributed by atoms with Crippen molar-refractivity contribution in [2.75, 3.05) is 0 Å². The monoisotopic (exact) mass is 413 g/mol. The standard InChI is InChI=1S/C19H20BrN5O/c1-3-17(14-6-4-13(2)5-7-14)21-18(26)12-25-23-19(22-24-25)15-8-10-16(20)11-9-15/h4-11,17H,3,12H2,1-2H3,(H,21,26)/t17-/m1/s1. The Morgan fingerprint density at radius 3 is 2.50 bits per heavy atom. The van der Waals surface area contributed by atoms with Gasteiger partial charge in [0.25, 0.3) is 0 Å². The van der Waals surface area contributed by atoms with Gasteiger partial charge in [0.05, 0.1) is 6.04 Å². The van der Waals surface area contributed by atoms with Crippen LogP contribution in [0.3, 0.4) is 0 Å². The summed E-state index contributed by atoms with van der Waals surface area (Å²) in [7, 11) is 0. The maximum Gasteiger partial charge on any atom is 0.244 e. The summed E-state index contributed by atoms with van der Waals surface area (Å²) >= 11 is 3.39. The van der Waals surface area contributed by atoms with Crippen molar-refractivity contribution in [3.05, 3.63) is 64.1 Å². The van der Waals surface area contributed by atoms with Crippen LogP contribution in [-0.4, -0.2) is 26.1 Å². The number of amides is 1. The van der Waals surface area contributed by atoms with Crippen LogP contribution in [0.15, 0.2) is 53.0 Å². The van der Waals surface area contributed by atoms with Gasteiger partial charge in [-0.15, -0.1) is 10.2 Å². The predicted octanol–water partition coefficient (Wildman–Crippen LogP) is 3.68. The number of hydrogen-bond acceptors (Lipinski definition) is 4. The van der Waals surface area contributed by atoms with Gasteiger partial charge in [-0.05, 0) is 48.4 Å². The fraction of sp³-hybridized carbons (Fsp3) is 0.263. The summed E-state index contributed by atoms with van der Waals surface area (Å²) in [5, 5.41) is 15.3. The van der Waals surface area contributed by atoms with E-state index in [0.29, 0.717) is 5.82 Å². The normalized spacial score (nSPS) is 12.0. The molecule has 6 nitrogen and oxygen atoms in total. The van der Waals surface area contributed by atoms with Crippen molar-refractivity contribution in [3.63, 3.8) is 0 Å². The van der Waals surface area contributed by atoms with E-state index in [0.717, 1.165) is 22.0 Å². The summed E-state index contributed by atoms with van der Waals surface area (Å²) in [4.78, 5) is 13.7. The van der Waals surface area contributed by atoms with Crippen molar-refractivity contribution >= 4 is 21.8 Å². The lowest BCUT2D eigenvalue weighted by atomic mass is 10.0. The van der Waals surface area contributed by atoms with Gasteiger partial charge < -0.3 is 5.32 Å². The van der Waals surface area contributed by atoms with Gasteiger partial charge in [0.1, 0.15) is 6.54 Å². The molecule has 1 atom stereocenters. The molecule has 134 valence electrons. The summed E-state index contributed by atoms with van der Waals surface area (Å²) in [5.74, 6) is 0.355. The lowest BCUT2D eigenvalue weighted by molar-refractivity contribution is -0.122. The first kappa shape index (κ1) is 18.3. The zero-order valence-electron chi connectivity index (χ0n) is 14.7. The SMILES string of the molecule is CC[C@@H](NC(=O)Cn1nnc(-c2ccc(Br)cc2)n1)c1ccc(C)cc1. The third-order valence-corrected chi connectivity index (χ3v) is 4.59. The molecule has 7 heteroatoms. The number of halogens is 1. The summed E-state index contributed by atoms with van der Waals surface area (Å²) in [6, 6.07) is 15.8. The van der Waals surface area contributed by atoms with Crippen molar-refractivity contribution < 1.29 is 4.79 Å². The molecule has 0 saturated heterocycles. The minimum Gasteiger partial charge on any atom is -0.348 e. The van der Waals surface area contributed by atoms with Gasteiger partial charge in [0.2, 0.25) is 11.7 Å². The molecular formula is C19H20BrN5O. The van der Waals surface area contributed by atoms with E-state index >= 15 is 0 Å². The molecule has 1 amide bonds. The summed E-state index contributed by atoms with van der Waals surface area (Å²) < 4.78 is 0.981. The van der Waals surface area contributed by atoms with Crippen LogP contribution in [0.25, 0.3) is 11.4 Å². The maximum absolute atomic E-state index is 12.4. The number of benzene rings is 2. The molecule has 1 N–H and O–H groups in total. The highest BCUT2D eigenvalue weighted by atomic mass is 79.9. The van der Waals surface area contributed by atoms with Gasteiger partial charge in [0, 0.05) is 10.0 Å². The Morgan fingerprint density at radius 1 is 1.15 bits per heavy atom.